The minimum atomic E-state index is 0.442. The lowest BCUT2D eigenvalue weighted by atomic mass is 10.1. The molecule has 0 amide bonds. The van der Waals surface area contributed by atoms with E-state index in [0.717, 1.165) is 32.5 Å². The smallest absolute Gasteiger partial charge is 0.127 e. The molecular formula is C15H14N2OS. The fourth-order valence-corrected chi connectivity index (χ4v) is 3.20. The van der Waals surface area contributed by atoms with Crippen LogP contribution in [-0.2, 0) is 6.54 Å². The van der Waals surface area contributed by atoms with Gasteiger partial charge in [0, 0.05) is 6.54 Å². The van der Waals surface area contributed by atoms with E-state index in [0.29, 0.717) is 6.54 Å². The lowest BCUT2D eigenvalue weighted by molar-refractivity contribution is 0.535. The quantitative estimate of drug-likeness (QED) is 0.786. The van der Waals surface area contributed by atoms with Crippen LogP contribution in [-0.4, -0.2) is 4.98 Å². The van der Waals surface area contributed by atoms with E-state index in [-0.39, 0.29) is 0 Å². The summed E-state index contributed by atoms with van der Waals surface area (Å²) < 4.78 is 5.34. The summed E-state index contributed by atoms with van der Waals surface area (Å²) in [4.78, 5) is 5.78. The van der Waals surface area contributed by atoms with Crippen LogP contribution in [0, 0.1) is 6.92 Å². The second kappa shape index (κ2) is 4.99. The van der Waals surface area contributed by atoms with Crippen LogP contribution >= 0.6 is 11.3 Å². The van der Waals surface area contributed by atoms with Crippen LogP contribution < -0.4 is 5.73 Å². The van der Waals surface area contributed by atoms with E-state index in [1.807, 2.05) is 31.2 Å². The van der Waals surface area contributed by atoms with Gasteiger partial charge in [-0.2, -0.15) is 0 Å². The summed E-state index contributed by atoms with van der Waals surface area (Å²) in [6.07, 6.45) is 1.69. The molecule has 0 bridgehead atoms. The van der Waals surface area contributed by atoms with Crippen molar-refractivity contribution in [3.05, 3.63) is 54.1 Å². The highest BCUT2D eigenvalue weighted by Crippen LogP contribution is 2.36. The van der Waals surface area contributed by atoms with Crippen LogP contribution in [0.15, 0.2) is 47.1 Å². The Morgan fingerprint density at radius 3 is 2.63 bits per heavy atom. The van der Waals surface area contributed by atoms with Gasteiger partial charge in [0.2, 0.25) is 0 Å². The van der Waals surface area contributed by atoms with E-state index in [2.05, 4.69) is 17.1 Å². The van der Waals surface area contributed by atoms with Crippen LogP contribution in [0.5, 0.6) is 0 Å². The van der Waals surface area contributed by atoms with Gasteiger partial charge in [-0.1, -0.05) is 30.3 Å². The van der Waals surface area contributed by atoms with E-state index in [1.165, 1.54) is 0 Å². The van der Waals surface area contributed by atoms with Gasteiger partial charge in [0.05, 0.1) is 22.4 Å². The Kier molecular flexibility index (Phi) is 3.19. The van der Waals surface area contributed by atoms with Crippen molar-refractivity contribution in [3.63, 3.8) is 0 Å². The van der Waals surface area contributed by atoms with Gasteiger partial charge in [-0.15, -0.1) is 11.3 Å². The first-order valence-electron chi connectivity index (χ1n) is 6.09. The maximum atomic E-state index is 5.81. The zero-order valence-corrected chi connectivity index (χ0v) is 11.4. The van der Waals surface area contributed by atoms with Gasteiger partial charge in [0.15, 0.2) is 0 Å². The number of nitrogens with zero attached hydrogens (tertiary/aromatic N) is 1. The standard InChI is InChI=1S/C15H14N2OS/c1-10-12(7-8-18-10)15-17-13(9-16)14(19-15)11-5-3-2-4-6-11/h2-8H,9,16H2,1H3. The molecule has 0 aliphatic rings. The van der Waals surface area contributed by atoms with Crippen LogP contribution in [0.3, 0.4) is 0 Å². The number of rotatable bonds is 3. The fourth-order valence-electron chi connectivity index (χ4n) is 2.03. The highest BCUT2D eigenvalue weighted by molar-refractivity contribution is 7.18. The summed E-state index contributed by atoms with van der Waals surface area (Å²) in [7, 11) is 0. The molecule has 3 nitrogen and oxygen atoms in total. The monoisotopic (exact) mass is 270 g/mol. The summed E-state index contributed by atoms with van der Waals surface area (Å²) >= 11 is 1.66. The fraction of sp³-hybridized carbons (Fsp3) is 0.133. The molecular weight excluding hydrogens is 256 g/mol. The van der Waals surface area contributed by atoms with Crippen LogP contribution in [0.2, 0.25) is 0 Å². The van der Waals surface area contributed by atoms with Crippen molar-refractivity contribution in [1.29, 1.82) is 0 Å². The third-order valence-electron chi connectivity index (χ3n) is 3.02. The van der Waals surface area contributed by atoms with E-state index in [1.54, 1.807) is 17.6 Å². The third kappa shape index (κ3) is 2.20. The molecule has 3 rings (SSSR count). The van der Waals surface area contributed by atoms with E-state index < -0.39 is 0 Å². The lowest BCUT2D eigenvalue weighted by Crippen LogP contribution is -1.98. The van der Waals surface area contributed by atoms with Crippen molar-refractivity contribution in [1.82, 2.24) is 4.98 Å². The highest BCUT2D eigenvalue weighted by atomic mass is 32.1. The maximum Gasteiger partial charge on any atom is 0.127 e. The Labute approximate surface area is 115 Å². The molecule has 2 heterocycles. The molecule has 3 aromatic rings. The Hall–Kier alpha value is -1.91. The van der Waals surface area contributed by atoms with Gasteiger partial charge >= 0.3 is 0 Å². The molecule has 0 fully saturated rings. The molecule has 0 aliphatic heterocycles. The SMILES string of the molecule is Cc1occc1-c1nc(CN)c(-c2ccccc2)s1. The van der Waals surface area contributed by atoms with Gasteiger partial charge in [-0.05, 0) is 18.6 Å². The number of thiazole rings is 1. The molecule has 0 saturated carbocycles. The molecule has 1 aromatic carbocycles. The predicted octanol–water partition coefficient (Wildman–Crippen LogP) is 3.84. The zero-order chi connectivity index (χ0) is 13.2. The number of hydrogen-bond acceptors (Lipinski definition) is 4. The molecule has 0 atom stereocenters. The third-order valence-corrected chi connectivity index (χ3v) is 4.20. The van der Waals surface area contributed by atoms with Crippen molar-refractivity contribution in [2.75, 3.05) is 0 Å². The molecule has 0 radical (unpaired) electrons. The minimum Gasteiger partial charge on any atom is -0.469 e. The van der Waals surface area contributed by atoms with Crippen molar-refractivity contribution in [2.45, 2.75) is 13.5 Å². The molecule has 0 aliphatic carbocycles. The van der Waals surface area contributed by atoms with Gasteiger partial charge in [0.1, 0.15) is 10.8 Å². The number of benzene rings is 1. The minimum absolute atomic E-state index is 0.442. The van der Waals surface area contributed by atoms with Gasteiger partial charge in [0.25, 0.3) is 0 Å². The second-order valence-corrected chi connectivity index (χ2v) is 5.25. The van der Waals surface area contributed by atoms with Crippen molar-refractivity contribution >= 4 is 11.3 Å². The Balaban J connectivity index is 2.12. The molecule has 0 spiro atoms. The van der Waals surface area contributed by atoms with Crippen molar-refractivity contribution < 1.29 is 4.42 Å². The average molecular weight is 270 g/mol. The summed E-state index contributed by atoms with van der Waals surface area (Å²) in [5.74, 6) is 0.886. The summed E-state index contributed by atoms with van der Waals surface area (Å²) in [5, 5.41) is 0.963. The highest BCUT2D eigenvalue weighted by Gasteiger charge is 2.15. The van der Waals surface area contributed by atoms with E-state index in [4.69, 9.17) is 10.2 Å². The normalized spacial score (nSPS) is 10.8. The Morgan fingerprint density at radius 2 is 2.00 bits per heavy atom. The second-order valence-electron chi connectivity index (χ2n) is 4.26. The molecule has 96 valence electrons. The Bertz CT molecular complexity index is 685. The molecule has 2 aromatic heterocycles. The lowest BCUT2D eigenvalue weighted by Gasteiger charge is -1.98. The summed E-state index contributed by atoms with van der Waals surface area (Å²) in [6.45, 7) is 2.39. The topological polar surface area (TPSA) is 52.0 Å². The molecule has 4 heteroatoms. The first-order chi connectivity index (χ1) is 9.29. The van der Waals surface area contributed by atoms with Crippen LogP contribution in [0.4, 0.5) is 0 Å². The predicted molar refractivity (Wildman–Crippen MR) is 77.9 cm³/mol. The van der Waals surface area contributed by atoms with Crippen molar-refractivity contribution in [3.8, 4) is 21.0 Å². The maximum absolute atomic E-state index is 5.81. The number of nitrogens with two attached hydrogens (primary N) is 1. The van der Waals surface area contributed by atoms with E-state index in [9.17, 15) is 0 Å². The summed E-state index contributed by atoms with van der Waals surface area (Å²) in [6, 6.07) is 12.2. The van der Waals surface area contributed by atoms with E-state index >= 15 is 0 Å². The van der Waals surface area contributed by atoms with Gasteiger partial charge in [-0.3, -0.25) is 0 Å². The summed E-state index contributed by atoms with van der Waals surface area (Å²) in [5.41, 5.74) is 8.95. The average Bonchev–Trinajstić information content (AvgIpc) is 3.05. The molecule has 0 unspecified atom stereocenters. The molecule has 0 saturated heterocycles. The van der Waals surface area contributed by atoms with Crippen LogP contribution in [0.25, 0.3) is 21.0 Å². The van der Waals surface area contributed by atoms with Crippen molar-refractivity contribution in [2.24, 2.45) is 5.73 Å². The van der Waals surface area contributed by atoms with Gasteiger partial charge < -0.3 is 10.2 Å². The van der Waals surface area contributed by atoms with Gasteiger partial charge in [-0.25, -0.2) is 4.98 Å². The number of aryl methyl sites for hydroxylation is 1. The number of furan rings is 1. The van der Waals surface area contributed by atoms with Crippen LogP contribution in [0.1, 0.15) is 11.5 Å². The Morgan fingerprint density at radius 1 is 1.21 bits per heavy atom. The first kappa shape index (κ1) is 12.1. The molecule has 2 N–H and O–H groups in total. The largest absolute Gasteiger partial charge is 0.469 e. The first-order valence-corrected chi connectivity index (χ1v) is 6.91. The number of aromatic nitrogens is 1. The molecule has 19 heavy (non-hydrogen) atoms. The zero-order valence-electron chi connectivity index (χ0n) is 10.6. The number of hydrogen-bond donors (Lipinski definition) is 1.